The Balaban J connectivity index is 1.31. The first-order valence-electron chi connectivity index (χ1n) is 13.6. The van der Waals surface area contributed by atoms with Crippen LogP contribution in [0.4, 0.5) is 11.4 Å². The number of anilines is 2. The van der Waals surface area contributed by atoms with Gasteiger partial charge >= 0.3 is 0 Å². The van der Waals surface area contributed by atoms with Gasteiger partial charge in [0, 0.05) is 27.9 Å². The molecule has 8 nitrogen and oxygen atoms in total. The molecule has 3 N–H and O–H groups in total. The number of rotatable bonds is 10. The Bertz CT molecular complexity index is 1730. The minimum atomic E-state index is -0.569. The molecule has 1 heterocycles. The topological polar surface area (TPSA) is 106 Å². The van der Waals surface area contributed by atoms with Crippen molar-refractivity contribution < 1.29 is 23.9 Å². The van der Waals surface area contributed by atoms with E-state index in [0.29, 0.717) is 45.4 Å². The zero-order valence-corrected chi connectivity index (χ0v) is 25.8. The van der Waals surface area contributed by atoms with Gasteiger partial charge in [0.1, 0.15) is 5.70 Å². The summed E-state index contributed by atoms with van der Waals surface area (Å²) in [6.07, 6.45) is 2.03. The zero-order chi connectivity index (χ0) is 31.1. The molecule has 1 aliphatic rings. The highest BCUT2D eigenvalue weighted by Crippen LogP contribution is 2.35. The SMILES string of the molecule is CCC(Sc1cccc(NC(=O)/C(=C\c2cccc(Cl)c2Cl)NC(=O)c2ccccc2)c1)C(=O)Nc1ccc2c(c1)OCO2. The van der Waals surface area contributed by atoms with Gasteiger partial charge in [-0.25, -0.2) is 0 Å². The molecule has 44 heavy (non-hydrogen) atoms. The molecule has 0 saturated heterocycles. The van der Waals surface area contributed by atoms with Crippen molar-refractivity contribution in [1.29, 1.82) is 0 Å². The highest BCUT2D eigenvalue weighted by Gasteiger charge is 2.21. The highest BCUT2D eigenvalue weighted by molar-refractivity contribution is 8.00. The van der Waals surface area contributed by atoms with E-state index >= 15 is 0 Å². The average molecular weight is 649 g/mol. The van der Waals surface area contributed by atoms with Gasteiger partial charge in [-0.1, -0.05) is 66.5 Å². The van der Waals surface area contributed by atoms with Gasteiger partial charge in [-0.2, -0.15) is 0 Å². The van der Waals surface area contributed by atoms with Crippen LogP contribution in [0, 0.1) is 0 Å². The fourth-order valence-electron chi connectivity index (χ4n) is 4.26. The lowest BCUT2D eigenvalue weighted by Gasteiger charge is -2.16. The molecule has 224 valence electrons. The van der Waals surface area contributed by atoms with Crippen molar-refractivity contribution in [2.45, 2.75) is 23.5 Å². The van der Waals surface area contributed by atoms with Crippen molar-refractivity contribution in [3.8, 4) is 11.5 Å². The van der Waals surface area contributed by atoms with Crippen LogP contribution in [-0.2, 0) is 9.59 Å². The molecule has 0 fully saturated rings. The molecule has 4 aromatic carbocycles. The summed E-state index contributed by atoms with van der Waals surface area (Å²) < 4.78 is 10.7. The summed E-state index contributed by atoms with van der Waals surface area (Å²) in [6.45, 7) is 2.08. The summed E-state index contributed by atoms with van der Waals surface area (Å²) in [5.74, 6) is 0.0151. The van der Waals surface area contributed by atoms with Crippen molar-refractivity contribution >= 4 is 70.1 Å². The van der Waals surface area contributed by atoms with Crippen LogP contribution in [0.25, 0.3) is 6.08 Å². The molecule has 1 atom stereocenters. The Morgan fingerprint density at radius 2 is 1.61 bits per heavy atom. The van der Waals surface area contributed by atoms with E-state index in [1.165, 1.54) is 17.8 Å². The molecule has 1 unspecified atom stereocenters. The molecule has 5 rings (SSSR count). The Morgan fingerprint density at radius 3 is 2.41 bits per heavy atom. The fourth-order valence-corrected chi connectivity index (χ4v) is 5.63. The number of hydrogen-bond donors (Lipinski definition) is 3. The molecule has 11 heteroatoms. The largest absolute Gasteiger partial charge is 0.454 e. The third-order valence-electron chi connectivity index (χ3n) is 6.48. The molecule has 4 aromatic rings. The molecule has 0 radical (unpaired) electrons. The minimum Gasteiger partial charge on any atom is -0.454 e. The Labute approximate surface area is 268 Å². The van der Waals surface area contributed by atoms with E-state index in [-0.39, 0.29) is 23.4 Å². The van der Waals surface area contributed by atoms with Gasteiger partial charge in [0.15, 0.2) is 11.5 Å². The van der Waals surface area contributed by atoms with Crippen LogP contribution in [-0.4, -0.2) is 29.8 Å². The number of ether oxygens (including phenoxy) is 2. The summed E-state index contributed by atoms with van der Waals surface area (Å²) in [5.41, 5.74) is 1.89. The molecule has 0 spiro atoms. The van der Waals surface area contributed by atoms with Gasteiger partial charge < -0.3 is 25.4 Å². The van der Waals surface area contributed by atoms with Crippen LogP contribution < -0.4 is 25.4 Å². The van der Waals surface area contributed by atoms with Crippen LogP contribution in [0.3, 0.4) is 0 Å². The molecule has 0 bridgehead atoms. The van der Waals surface area contributed by atoms with E-state index < -0.39 is 17.1 Å². The van der Waals surface area contributed by atoms with Crippen molar-refractivity contribution in [2.75, 3.05) is 17.4 Å². The summed E-state index contributed by atoms with van der Waals surface area (Å²) >= 11 is 13.9. The maximum atomic E-state index is 13.5. The first-order chi connectivity index (χ1) is 21.3. The lowest BCUT2D eigenvalue weighted by atomic mass is 10.1. The Kier molecular flexibility index (Phi) is 10.1. The van der Waals surface area contributed by atoms with E-state index in [9.17, 15) is 14.4 Å². The lowest BCUT2D eigenvalue weighted by molar-refractivity contribution is -0.116. The molecular formula is C33H27Cl2N3O5S. The molecule has 0 aromatic heterocycles. The smallest absolute Gasteiger partial charge is 0.272 e. The van der Waals surface area contributed by atoms with Crippen LogP contribution in [0.15, 0.2) is 102 Å². The summed E-state index contributed by atoms with van der Waals surface area (Å²) in [6, 6.07) is 25.9. The average Bonchev–Trinajstić information content (AvgIpc) is 3.50. The van der Waals surface area contributed by atoms with E-state index in [4.69, 9.17) is 32.7 Å². The normalized spacial score (nSPS) is 12.8. The number of halogens is 2. The predicted octanol–water partition coefficient (Wildman–Crippen LogP) is 7.64. The number of nitrogens with one attached hydrogen (secondary N) is 3. The van der Waals surface area contributed by atoms with Crippen molar-refractivity contribution in [1.82, 2.24) is 5.32 Å². The molecular weight excluding hydrogens is 621 g/mol. The van der Waals surface area contributed by atoms with E-state index in [0.717, 1.165) is 4.90 Å². The van der Waals surface area contributed by atoms with Crippen molar-refractivity contribution in [2.24, 2.45) is 0 Å². The predicted molar refractivity (Wildman–Crippen MR) is 175 cm³/mol. The fraction of sp³-hybridized carbons (Fsp3) is 0.121. The molecule has 0 saturated carbocycles. The second-order valence-electron chi connectivity index (χ2n) is 9.58. The molecule has 1 aliphatic heterocycles. The van der Waals surface area contributed by atoms with Gasteiger partial charge in [0.2, 0.25) is 12.7 Å². The standard InChI is InChI=1S/C33H27Cl2N3O5S/c1-2-29(33(41)37-23-14-15-27-28(18-23)43-19-42-27)44-24-12-7-11-22(17-24)36-32(40)26(16-21-10-6-13-25(34)30(21)35)38-31(39)20-8-4-3-5-9-20/h3-18,29H,2,19H2,1H3,(H,36,40)(H,37,41)(H,38,39)/b26-16+. The maximum Gasteiger partial charge on any atom is 0.272 e. The molecule has 3 amide bonds. The number of benzene rings is 4. The minimum absolute atomic E-state index is 0.0318. The van der Waals surface area contributed by atoms with Gasteiger partial charge in [-0.15, -0.1) is 11.8 Å². The third kappa shape index (κ3) is 7.74. The second-order valence-corrected chi connectivity index (χ2v) is 11.6. The summed E-state index contributed by atoms with van der Waals surface area (Å²) in [4.78, 5) is 40.3. The third-order valence-corrected chi connectivity index (χ3v) is 8.68. The second kappa shape index (κ2) is 14.4. The zero-order valence-electron chi connectivity index (χ0n) is 23.4. The summed E-state index contributed by atoms with van der Waals surface area (Å²) in [5, 5.41) is 8.62. The number of carbonyl (C=O) groups is 3. The van der Waals surface area contributed by atoms with Crippen LogP contribution in [0.2, 0.25) is 10.0 Å². The number of hydrogen-bond acceptors (Lipinski definition) is 6. The number of amides is 3. The summed E-state index contributed by atoms with van der Waals surface area (Å²) in [7, 11) is 0. The quantitative estimate of drug-likeness (QED) is 0.121. The van der Waals surface area contributed by atoms with Gasteiger partial charge in [-0.3, -0.25) is 14.4 Å². The van der Waals surface area contributed by atoms with Gasteiger partial charge in [0.25, 0.3) is 11.8 Å². The van der Waals surface area contributed by atoms with Crippen LogP contribution in [0.5, 0.6) is 11.5 Å². The van der Waals surface area contributed by atoms with Crippen LogP contribution >= 0.6 is 35.0 Å². The van der Waals surface area contributed by atoms with Gasteiger partial charge in [0.05, 0.1) is 15.3 Å². The number of thioether (sulfide) groups is 1. The first kappa shape index (κ1) is 31.0. The van der Waals surface area contributed by atoms with Crippen molar-refractivity contribution in [3.05, 3.63) is 118 Å². The van der Waals surface area contributed by atoms with Crippen molar-refractivity contribution in [3.63, 3.8) is 0 Å². The lowest BCUT2D eigenvalue weighted by Crippen LogP contribution is -2.30. The highest BCUT2D eigenvalue weighted by atomic mass is 35.5. The Hall–Kier alpha value is -4.44. The maximum absolute atomic E-state index is 13.5. The van der Waals surface area contributed by atoms with E-state index in [1.54, 1.807) is 84.9 Å². The number of carbonyl (C=O) groups excluding carboxylic acids is 3. The number of fused-ring (bicyclic) bond motifs is 1. The van der Waals surface area contributed by atoms with Crippen LogP contribution in [0.1, 0.15) is 29.3 Å². The van der Waals surface area contributed by atoms with E-state index in [2.05, 4.69) is 16.0 Å². The first-order valence-corrected chi connectivity index (χ1v) is 15.2. The van der Waals surface area contributed by atoms with E-state index in [1.807, 2.05) is 13.0 Å². The Morgan fingerprint density at radius 1 is 0.864 bits per heavy atom. The molecule has 0 aliphatic carbocycles. The van der Waals surface area contributed by atoms with Gasteiger partial charge in [-0.05, 0) is 66.6 Å². The monoisotopic (exact) mass is 647 g/mol.